The van der Waals surface area contributed by atoms with E-state index in [1.54, 1.807) is 7.11 Å². The van der Waals surface area contributed by atoms with Crippen molar-refractivity contribution in [3.05, 3.63) is 118 Å². The van der Waals surface area contributed by atoms with Gasteiger partial charge in [0.05, 0.1) is 26.7 Å². The third-order valence-electron chi connectivity index (χ3n) is 16.3. The number of esters is 3. The molecule has 65 heavy (non-hydrogen) atoms. The van der Waals surface area contributed by atoms with E-state index >= 15 is 4.79 Å². The average molecular weight is 883 g/mol. The number of methoxy groups -OCH3 is 2. The van der Waals surface area contributed by atoms with Crippen LogP contribution in [0.4, 0.5) is 5.69 Å². The molecule has 5 aliphatic heterocycles. The molecule has 4 aromatic rings. The fourth-order valence-electron chi connectivity index (χ4n) is 14.0. The number of aromatic nitrogens is 1. The number of aliphatic hydroxyl groups is 1. The van der Waals surface area contributed by atoms with E-state index in [9.17, 15) is 14.7 Å². The molecule has 12 nitrogen and oxygen atoms in total. The van der Waals surface area contributed by atoms with Crippen LogP contribution in [0.2, 0.25) is 0 Å². The molecule has 1 spiro atoms. The lowest BCUT2D eigenvalue weighted by molar-refractivity contribution is -0.232. The number of anilines is 1. The average Bonchev–Trinajstić information content (AvgIpc) is 3.98. The number of benzene rings is 3. The van der Waals surface area contributed by atoms with Crippen molar-refractivity contribution in [3.8, 4) is 5.75 Å². The maximum atomic E-state index is 15.4. The number of hydrogen-bond donors (Lipinski definition) is 2. The van der Waals surface area contributed by atoms with Crippen molar-refractivity contribution in [1.82, 2.24) is 14.8 Å². The summed E-state index contributed by atoms with van der Waals surface area (Å²) >= 11 is 0. The van der Waals surface area contributed by atoms with Crippen LogP contribution < -0.4 is 9.64 Å². The Kier molecular flexibility index (Phi) is 10.8. The van der Waals surface area contributed by atoms with Crippen LogP contribution >= 0.6 is 0 Å². The molecule has 6 heterocycles. The van der Waals surface area contributed by atoms with Gasteiger partial charge in [-0.15, -0.1) is 0 Å². The third-order valence-corrected chi connectivity index (χ3v) is 16.3. The Bertz CT molecular complexity index is 2610. The fourth-order valence-corrected chi connectivity index (χ4v) is 14.0. The molecule has 342 valence electrons. The number of rotatable bonds is 10. The molecule has 1 aromatic heterocycles. The van der Waals surface area contributed by atoms with Crippen LogP contribution in [-0.4, -0.2) is 122 Å². The molecule has 9 atom stereocenters. The Balaban J connectivity index is 1.22. The van der Waals surface area contributed by atoms with Gasteiger partial charge in [0, 0.05) is 90.9 Å². The number of likely N-dealkylation sites (N-methyl/N-ethyl adjacent to an activating group) is 1. The summed E-state index contributed by atoms with van der Waals surface area (Å²) in [6.07, 6.45) is 8.92. The number of fused-ring (bicyclic) bond motifs is 6. The highest BCUT2D eigenvalue weighted by atomic mass is 16.6. The first-order valence-corrected chi connectivity index (χ1v) is 23.5. The lowest BCUT2D eigenvalue weighted by Crippen LogP contribution is -2.80. The van der Waals surface area contributed by atoms with Crippen LogP contribution in [0.25, 0.3) is 10.9 Å². The van der Waals surface area contributed by atoms with Crippen LogP contribution in [-0.2, 0) is 52.3 Å². The minimum absolute atomic E-state index is 0.0229. The second-order valence-electron chi connectivity index (χ2n) is 19.5. The van der Waals surface area contributed by atoms with Gasteiger partial charge in [-0.2, -0.15) is 0 Å². The van der Waals surface area contributed by atoms with E-state index in [4.69, 9.17) is 18.9 Å². The SMILES string of the molecule is CCC1=C[C@@H]2CN(CCc3c([nH]c4ccccc34)[C@@](C(=O)OC)(c3cc4c(cc3OC)N(C)[C@H]3C(O)(COC(=O)Cc5ccccc5)[C@H](OC(C)=O)[C@]5(CC)C=CCN6CC[C@]43C65)C2)C1. The Morgan fingerprint density at radius 1 is 0.969 bits per heavy atom. The molecule has 0 amide bonds. The largest absolute Gasteiger partial charge is 0.496 e. The van der Waals surface area contributed by atoms with Crippen LogP contribution in [0.15, 0.2) is 90.5 Å². The zero-order chi connectivity index (χ0) is 45.5. The highest BCUT2D eigenvalue weighted by Gasteiger charge is 2.78. The molecule has 0 radical (unpaired) electrons. The number of nitrogens with one attached hydrogen (secondary N) is 1. The Morgan fingerprint density at radius 2 is 1.75 bits per heavy atom. The zero-order valence-corrected chi connectivity index (χ0v) is 38.5. The number of H-pyrrole nitrogens is 1. The smallest absolute Gasteiger partial charge is 0.322 e. The van der Waals surface area contributed by atoms with Crippen molar-refractivity contribution >= 4 is 34.5 Å². The molecule has 10 rings (SSSR count). The third kappa shape index (κ3) is 6.37. The lowest BCUT2D eigenvalue weighted by Gasteiger charge is -2.64. The summed E-state index contributed by atoms with van der Waals surface area (Å²) in [4.78, 5) is 53.4. The van der Waals surface area contributed by atoms with E-state index < -0.39 is 52.5 Å². The quantitative estimate of drug-likeness (QED) is 0.104. The lowest BCUT2D eigenvalue weighted by atomic mass is 9.47. The fraction of sp³-hybridized carbons (Fsp3) is 0.491. The van der Waals surface area contributed by atoms with E-state index in [0.29, 0.717) is 37.1 Å². The molecule has 2 bridgehead atoms. The second kappa shape index (κ2) is 16.2. The second-order valence-corrected chi connectivity index (χ2v) is 19.5. The Hall–Kier alpha value is -5.43. The van der Waals surface area contributed by atoms with Gasteiger partial charge in [0.25, 0.3) is 0 Å². The minimum atomic E-state index is -1.89. The summed E-state index contributed by atoms with van der Waals surface area (Å²) in [7, 11) is 5.11. The maximum Gasteiger partial charge on any atom is 0.322 e. The molecule has 2 fully saturated rings. The van der Waals surface area contributed by atoms with Gasteiger partial charge in [-0.3, -0.25) is 24.2 Å². The van der Waals surface area contributed by atoms with Gasteiger partial charge in [-0.1, -0.05) is 86.2 Å². The summed E-state index contributed by atoms with van der Waals surface area (Å²) < 4.78 is 25.1. The first-order valence-electron chi connectivity index (χ1n) is 23.5. The topological polar surface area (TPSA) is 134 Å². The highest BCUT2D eigenvalue weighted by molar-refractivity contribution is 5.94. The Labute approximate surface area is 381 Å². The van der Waals surface area contributed by atoms with Gasteiger partial charge < -0.3 is 33.9 Å². The first-order chi connectivity index (χ1) is 31.4. The molecule has 1 saturated carbocycles. The van der Waals surface area contributed by atoms with Crippen molar-refractivity contribution in [3.63, 3.8) is 0 Å². The Morgan fingerprint density at radius 3 is 2.49 bits per heavy atom. The number of nitrogens with zero attached hydrogens (tertiary/aromatic N) is 3. The van der Waals surface area contributed by atoms with Crippen molar-refractivity contribution in [1.29, 1.82) is 0 Å². The predicted octanol–water partition coefficient (Wildman–Crippen LogP) is 6.41. The standard InChI is InChI=1S/C53H62N4O8/c1-7-34-25-36-29-52(49(60)63-6,45-38(19-23-56(30-34)31-36)37-17-12-13-18-41(37)54-45)40-27-39-42(28-43(40)62-5)55(4)47-51(39)21-24-57-22-14-20-50(8-2,46(51)57)48(65-33(3)58)53(47,61)32-64-44(59)26-35-15-10-9-11-16-35/h9-18,20,25,27-28,36,46-48,54,61H,7-8,19,21-24,26,29-32H2,1-6H3/t36-,46?,47+,48+,50+,51+,52-,53?/m0/s1. The highest BCUT2D eigenvalue weighted by Crippen LogP contribution is 2.68. The number of para-hydroxylation sites is 1. The molecule has 3 unspecified atom stereocenters. The van der Waals surface area contributed by atoms with E-state index in [1.807, 2.05) is 49.5 Å². The molecule has 3 aromatic carbocycles. The molecule has 6 aliphatic rings. The van der Waals surface area contributed by atoms with Gasteiger partial charge in [-0.25, -0.2) is 0 Å². The number of carbonyl (C=O) groups excluding carboxylic acids is 3. The number of ether oxygens (including phenoxy) is 4. The summed E-state index contributed by atoms with van der Waals surface area (Å²) in [6.45, 7) is 9.23. The maximum absolute atomic E-state index is 15.4. The minimum Gasteiger partial charge on any atom is -0.496 e. The molecule has 1 saturated heterocycles. The van der Waals surface area contributed by atoms with Gasteiger partial charge in [0.1, 0.15) is 23.9 Å². The van der Waals surface area contributed by atoms with Crippen molar-refractivity contribution < 1.29 is 38.4 Å². The van der Waals surface area contributed by atoms with Crippen molar-refractivity contribution in [2.75, 3.05) is 65.5 Å². The summed E-state index contributed by atoms with van der Waals surface area (Å²) in [5.41, 5.74) is 2.65. The molecule has 12 heteroatoms. The number of aromatic amines is 1. The predicted molar refractivity (Wildman–Crippen MR) is 248 cm³/mol. The van der Waals surface area contributed by atoms with Crippen molar-refractivity contribution in [2.45, 2.75) is 93.9 Å². The van der Waals surface area contributed by atoms with Crippen molar-refractivity contribution in [2.24, 2.45) is 11.3 Å². The first kappa shape index (κ1) is 43.5. The molecular weight excluding hydrogens is 821 g/mol. The van der Waals surface area contributed by atoms with E-state index in [0.717, 1.165) is 78.0 Å². The molecular formula is C53H62N4O8. The van der Waals surface area contributed by atoms with Gasteiger partial charge in [0.2, 0.25) is 0 Å². The van der Waals surface area contributed by atoms with Gasteiger partial charge in [0.15, 0.2) is 5.60 Å². The summed E-state index contributed by atoms with van der Waals surface area (Å²) in [6, 6.07) is 21.0. The molecule has 1 aliphatic carbocycles. The van der Waals surface area contributed by atoms with Crippen LogP contribution in [0.5, 0.6) is 5.75 Å². The summed E-state index contributed by atoms with van der Waals surface area (Å²) in [5.74, 6) is -0.827. The van der Waals surface area contributed by atoms with Gasteiger partial charge >= 0.3 is 17.9 Å². The van der Waals surface area contributed by atoms with Gasteiger partial charge in [-0.05, 0) is 73.4 Å². The zero-order valence-electron chi connectivity index (χ0n) is 38.5. The monoisotopic (exact) mass is 882 g/mol. The van der Waals surface area contributed by atoms with E-state index in [1.165, 1.54) is 19.6 Å². The van der Waals surface area contributed by atoms with E-state index in [-0.39, 0.29) is 24.3 Å². The summed E-state index contributed by atoms with van der Waals surface area (Å²) in [5, 5.41) is 14.9. The number of carbonyl (C=O) groups is 3. The van der Waals surface area contributed by atoms with E-state index in [2.05, 4.69) is 76.0 Å². The normalized spacial score (nSPS) is 32.2. The van der Waals surface area contributed by atoms with Crippen LogP contribution in [0.3, 0.4) is 0 Å². The number of hydrogen-bond acceptors (Lipinski definition) is 11. The van der Waals surface area contributed by atoms with Crippen LogP contribution in [0.1, 0.15) is 74.4 Å². The molecule has 2 N–H and O–H groups in total. The van der Waals surface area contributed by atoms with Crippen LogP contribution in [0, 0.1) is 11.3 Å².